The molecule has 2 heterocycles. The summed E-state index contributed by atoms with van der Waals surface area (Å²) in [6, 6.07) is 10.1. The van der Waals surface area contributed by atoms with Crippen molar-refractivity contribution in [2.45, 2.75) is 25.4 Å². The summed E-state index contributed by atoms with van der Waals surface area (Å²) in [4.78, 5) is 25.6. The summed E-state index contributed by atoms with van der Waals surface area (Å²) < 4.78 is 0. The topological polar surface area (TPSA) is 83.7 Å². The van der Waals surface area contributed by atoms with Crippen LogP contribution in [-0.2, 0) is 11.3 Å². The molecule has 0 aliphatic carbocycles. The number of aliphatic carboxylic acids is 1. The number of carboxylic acid groups (broad SMARTS) is 1. The van der Waals surface area contributed by atoms with Crippen LogP contribution in [-0.4, -0.2) is 33.5 Å². The van der Waals surface area contributed by atoms with Crippen LogP contribution < -0.4 is 0 Å². The monoisotopic (exact) mass is 332 g/mol. The predicted octanol–water partition coefficient (Wildman–Crippen LogP) is 3.37. The molecule has 1 N–H and O–H groups in total. The fraction of sp³-hybridized carbons (Fsp3) is 0.312. The zero-order chi connectivity index (χ0) is 16.4. The molecule has 3 rings (SSSR count). The first-order chi connectivity index (χ1) is 11.0. The van der Waals surface area contributed by atoms with Crippen LogP contribution in [0.2, 0.25) is 0 Å². The minimum atomic E-state index is -0.755. The van der Waals surface area contributed by atoms with Gasteiger partial charge in [-0.2, -0.15) is 0 Å². The van der Waals surface area contributed by atoms with Gasteiger partial charge in [-0.1, -0.05) is 0 Å². The van der Waals surface area contributed by atoms with E-state index in [1.54, 1.807) is 23.5 Å². The molecule has 6 nitrogen and oxygen atoms in total. The van der Waals surface area contributed by atoms with E-state index in [4.69, 9.17) is 0 Å². The maximum absolute atomic E-state index is 11.2. The molecule has 1 aromatic carbocycles. The Morgan fingerprint density at radius 3 is 2.70 bits per heavy atom. The lowest BCUT2D eigenvalue weighted by Crippen LogP contribution is -2.35. The maximum Gasteiger partial charge on any atom is 0.320 e. The highest BCUT2D eigenvalue weighted by Crippen LogP contribution is 2.31. The standard InChI is InChI=1S/C16H16N2O4S/c19-16(20)14-2-1-9-17(14)10-13-7-8-15(23-13)11-3-5-12(6-4-11)18(21)22/h3-8,14H,1-2,9-10H2,(H,19,20). The molecule has 0 spiro atoms. The van der Waals surface area contributed by atoms with E-state index >= 15 is 0 Å². The third-order valence-electron chi connectivity index (χ3n) is 4.03. The molecule has 7 heteroatoms. The first kappa shape index (κ1) is 15.6. The van der Waals surface area contributed by atoms with Crippen molar-refractivity contribution in [1.82, 2.24) is 4.90 Å². The molecule has 1 saturated heterocycles. The summed E-state index contributed by atoms with van der Waals surface area (Å²) >= 11 is 1.60. The van der Waals surface area contributed by atoms with Crippen molar-refractivity contribution in [2.24, 2.45) is 0 Å². The second-order valence-corrected chi connectivity index (χ2v) is 6.71. The lowest BCUT2D eigenvalue weighted by Gasteiger charge is -2.19. The number of nitrogens with zero attached hydrogens (tertiary/aromatic N) is 2. The van der Waals surface area contributed by atoms with Gasteiger partial charge in [-0.05, 0) is 49.2 Å². The number of carbonyl (C=O) groups is 1. The van der Waals surface area contributed by atoms with Crippen LogP contribution in [0.3, 0.4) is 0 Å². The van der Waals surface area contributed by atoms with Crippen LogP contribution in [0.1, 0.15) is 17.7 Å². The lowest BCUT2D eigenvalue weighted by molar-refractivity contribution is -0.384. The Hall–Kier alpha value is -2.25. The average molecular weight is 332 g/mol. The maximum atomic E-state index is 11.2. The first-order valence-electron chi connectivity index (χ1n) is 7.35. The fourth-order valence-corrected chi connectivity index (χ4v) is 3.90. The van der Waals surface area contributed by atoms with E-state index in [2.05, 4.69) is 0 Å². The molecule has 1 fully saturated rings. The molecule has 0 saturated carbocycles. The van der Waals surface area contributed by atoms with Crippen molar-refractivity contribution in [3.63, 3.8) is 0 Å². The Balaban J connectivity index is 1.73. The molecular weight excluding hydrogens is 316 g/mol. The molecule has 0 amide bonds. The molecule has 120 valence electrons. The summed E-state index contributed by atoms with van der Waals surface area (Å²) in [5.74, 6) is -0.755. The summed E-state index contributed by atoms with van der Waals surface area (Å²) in [7, 11) is 0. The van der Waals surface area contributed by atoms with E-state index in [0.717, 1.165) is 28.3 Å². The van der Waals surface area contributed by atoms with Gasteiger partial charge in [0, 0.05) is 28.4 Å². The highest BCUT2D eigenvalue weighted by atomic mass is 32.1. The lowest BCUT2D eigenvalue weighted by atomic mass is 10.2. The molecule has 1 aliphatic rings. The summed E-state index contributed by atoms with van der Waals surface area (Å²) in [5.41, 5.74) is 1.01. The highest BCUT2D eigenvalue weighted by Gasteiger charge is 2.30. The Kier molecular flexibility index (Phi) is 4.40. The van der Waals surface area contributed by atoms with E-state index in [-0.39, 0.29) is 11.7 Å². The Morgan fingerprint density at radius 1 is 1.30 bits per heavy atom. The molecule has 1 unspecified atom stereocenters. The minimum Gasteiger partial charge on any atom is -0.480 e. The quantitative estimate of drug-likeness (QED) is 0.670. The molecule has 0 radical (unpaired) electrons. The van der Waals surface area contributed by atoms with Gasteiger partial charge in [0.1, 0.15) is 6.04 Å². The number of hydrogen-bond acceptors (Lipinski definition) is 5. The second kappa shape index (κ2) is 6.47. The van der Waals surface area contributed by atoms with Crippen LogP contribution in [0.4, 0.5) is 5.69 Å². The largest absolute Gasteiger partial charge is 0.480 e. The number of likely N-dealkylation sites (tertiary alicyclic amines) is 1. The number of thiophene rings is 1. The zero-order valence-corrected chi connectivity index (χ0v) is 13.2. The van der Waals surface area contributed by atoms with Crippen LogP contribution >= 0.6 is 11.3 Å². The summed E-state index contributed by atoms with van der Waals surface area (Å²) in [6.07, 6.45) is 1.62. The molecule has 1 atom stereocenters. The highest BCUT2D eigenvalue weighted by molar-refractivity contribution is 7.15. The number of benzene rings is 1. The number of hydrogen-bond donors (Lipinski definition) is 1. The van der Waals surface area contributed by atoms with Crippen LogP contribution in [0, 0.1) is 10.1 Å². The van der Waals surface area contributed by atoms with E-state index < -0.39 is 10.9 Å². The predicted molar refractivity (Wildman–Crippen MR) is 87.5 cm³/mol. The second-order valence-electron chi connectivity index (χ2n) is 5.54. The Bertz CT molecular complexity index is 726. The van der Waals surface area contributed by atoms with Gasteiger partial charge in [0.05, 0.1) is 4.92 Å². The van der Waals surface area contributed by atoms with Crippen molar-refractivity contribution < 1.29 is 14.8 Å². The number of carboxylic acids is 1. The van der Waals surface area contributed by atoms with E-state index in [9.17, 15) is 20.0 Å². The van der Waals surface area contributed by atoms with Gasteiger partial charge in [-0.25, -0.2) is 0 Å². The Labute approximate surface area is 137 Å². The van der Waals surface area contributed by atoms with Gasteiger partial charge >= 0.3 is 5.97 Å². The van der Waals surface area contributed by atoms with Crippen molar-refractivity contribution in [2.75, 3.05) is 6.54 Å². The SMILES string of the molecule is O=C(O)C1CCCN1Cc1ccc(-c2ccc([N+](=O)[O-])cc2)s1. The number of rotatable bonds is 5. The van der Waals surface area contributed by atoms with E-state index in [1.807, 2.05) is 17.0 Å². The van der Waals surface area contributed by atoms with Crippen molar-refractivity contribution in [3.8, 4) is 10.4 Å². The summed E-state index contributed by atoms with van der Waals surface area (Å²) in [6.45, 7) is 1.44. The molecule has 1 aliphatic heterocycles. The van der Waals surface area contributed by atoms with Gasteiger partial charge in [0.15, 0.2) is 0 Å². The normalized spacial score (nSPS) is 18.2. The van der Waals surface area contributed by atoms with Crippen molar-refractivity contribution in [1.29, 1.82) is 0 Å². The zero-order valence-electron chi connectivity index (χ0n) is 12.3. The number of nitro benzene ring substituents is 1. The van der Waals surface area contributed by atoms with Gasteiger partial charge in [-0.3, -0.25) is 19.8 Å². The molecule has 1 aromatic heterocycles. The fourth-order valence-electron chi connectivity index (χ4n) is 2.86. The van der Waals surface area contributed by atoms with Gasteiger partial charge < -0.3 is 5.11 Å². The molecule has 0 bridgehead atoms. The van der Waals surface area contributed by atoms with Crippen LogP contribution in [0.5, 0.6) is 0 Å². The molecule has 2 aromatic rings. The molecular formula is C16H16N2O4S. The van der Waals surface area contributed by atoms with Crippen LogP contribution in [0.15, 0.2) is 36.4 Å². The number of nitro groups is 1. The Morgan fingerprint density at radius 2 is 2.04 bits per heavy atom. The van der Waals surface area contributed by atoms with Gasteiger partial charge in [0.2, 0.25) is 0 Å². The number of non-ortho nitro benzene ring substituents is 1. The van der Waals surface area contributed by atoms with Crippen molar-refractivity contribution >= 4 is 23.0 Å². The average Bonchev–Trinajstić information content (AvgIpc) is 3.17. The molecule has 23 heavy (non-hydrogen) atoms. The minimum absolute atomic E-state index is 0.0758. The van der Waals surface area contributed by atoms with Crippen molar-refractivity contribution in [3.05, 3.63) is 51.4 Å². The van der Waals surface area contributed by atoms with E-state index in [1.165, 1.54) is 12.1 Å². The van der Waals surface area contributed by atoms with Gasteiger partial charge in [-0.15, -0.1) is 11.3 Å². The smallest absolute Gasteiger partial charge is 0.320 e. The van der Waals surface area contributed by atoms with E-state index in [0.29, 0.717) is 13.0 Å². The third kappa shape index (κ3) is 3.40. The first-order valence-corrected chi connectivity index (χ1v) is 8.16. The van der Waals surface area contributed by atoms with Gasteiger partial charge in [0.25, 0.3) is 5.69 Å². The summed E-state index contributed by atoms with van der Waals surface area (Å²) in [5, 5.41) is 19.9. The third-order valence-corrected chi connectivity index (χ3v) is 5.15. The van der Waals surface area contributed by atoms with Crippen LogP contribution in [0.25, 0.3) is 10.4 Å².